The van der Waals surface area contributed by atoms with Crippen LogP contribution >= 0.6 is 0 Å². The molecule has 2 N–H and O–H groups in total. The lowest BCUT2D eigenvalue weighted by molar-refractivity contribution is 1.19. The van der Waals surface area contributed by atoms with E-state index in [-0.39, 0.29) is 0 Å². The van der Waals surface area contributed by atoms with Gasteiger partial charge in [0.1, 0.15) is 5.84 Å². The number of nitrogens with zero attached hydrogens (tertiary/aromatic N) is 4. The van der Waals surface area contributed by atoms with Gasteiger partial charge in [0.25, 0.3) is 0 Å². The summed E-state index contributed by atoms with van der Waals surface area (Å²) in [5.41, 5.74) is 14.6. The molecule has 0 amide bonds. The molecule has 5 rings (SSSR count). The van der Waals surface area contributed by atoms with E-state index >= 15 is 0 Å². The van der Waals surface area contributed by atoms with Gasteiger partial charge in [-0.25, -0.2) is 9.98 Å². The quantitative estimate of drug-likeness (QED) is 0.587. The summed E-state index contributed by atoms with van der Waals surface area (Å²) in [7, 11) is 0. The summed E-state index contributed by atoms with van der Waals surface area (Å²) in [5.74, 6) is 0.669. The SMILES string of the molecule is Cc1ccc(-c2cnc3ccc(-c4ccc5c(c4)N=C(N)C5)cc3n2)cn1. The molecule has 5 heteroatoms. The van der Waals surface area contributed by atoms with Gasteiger partial charge in [-0.05, 0) is 53.9 Å². The number of hydrogen-bond donors (Lipinski definition) is 1. The van der Waals surface area contributed by atoms with E-state index in [4.69, 9.17) is 10.7 Å². The van der Waals surface area contributed by atoms with Gasteiger partial charge in [-0.3, -0.25) is 9.97 Å². The minimum absolute atomic E-state index is 0.669. The Morgan fingerprint density at radius 3 is 2.48 bits per heavy atom. The zero-order valence-corrected chi connectivity index (χ0v) is 14.8. The van der Waals surface area contributed by atoms with Crippen LogP contribution in [0, 0.1) is 6.92 Å². The number of aryl methyl sites for hydroxylation is 1. The van der Waals surface area contributed by atoms with E-state index < -0.39 is 0 Å². The monoisotopic (exact) mass is 351 g/mol. The fourth-order valence-electron chi connectivity index (χ4n) is 3.34. The average molecular weight is 351 g/mol. The van der Waals surface area contributed by atoms with Crippen molar-refractivity contribution in [2.24, 2.45) is 10.7 Å². The van der Waals surface area contributed by atoms with E-state index in [1.54, 1.807) is 6.20 Å². The number of aromatic nitrogens is 3. The summed E-state index contributed by atoms with van der Waals surface area (Å²) in [6, 6.07) is 16.4. The lowest BCUT2D eigenvalue weighted by atomic mass is 10.0. The van der Waals surface area contributed by atoms with Crippen molar-refractivity contribution >= 4 is 22.6 Å². The molecule has 0 fully saturated rings. The average Bonchev–Trinajstić information content (AvgIpc) is 3.07. The third-order valence-corrected chi connectivity index (χ3v) is 4.80. The molecule has 1 aliphatic rings. The molecule has 1 aliphatic heterocycles. The maximum atomic E-state index is 5.86. The molecule has 0 bridgehead atoms. The number of benzene rings is 2. The fourth-order valence-corrected chi connectivity index (χ4v) is 3.34. The third kappa shape index (κ3) is 2.83. The minimum atomic E-state index is 0.669. The Morgan fingerprint density at radius 2 is 1.63 bits per heavy atom. The highest BCUT2D eigenvalue weighted by Gasteiger charge is 2.13. The second-order valence-electron chi connectivity index (χ2n) is 6.77. The van der Waals surface area contributed by atoms with Gasteiger partial charge >= 0.3 is 0 Å². The van der Waals surface area contributed by atoms with Crippen LogP contribution in [0.4, 0.5) is 5.69 Å². The summed E-state index contributed by atoms with van der Waals surface area (Å²) < 4.78 is 0. The highest BCUT2D eigenvalue weighted by atomic mass is 14.9. The van der Waals surface area contributed by atoms with Crippen LogP contribution < -0.4 is 5.73 Å². The molecule has 27 heavy (non-hydrogen) atoms. The van der Waals surface area contributed by atoms with Gasteiger partial charge in [0.2, 0.25) is 0 Å². The van der Waals surface area contributed by atoms with Gasteiger partial charge in [-0.15, -0.1) is 0 Å². The second-order valence-corrected chi connectivity index (χ2v) is 6.77. The number of aliphatic imine (C=N–C) groups is 1. The Kier molecular flexibility index (Phi) is 3.47. The molecule has 4 aromatic rings. The predicted molar refractivity (Wildman–Crippen MR) is 108 cm³/mol. The third-order valence-electron chi connectivity index (χ3n) is 4.80. The Bertz CT molecular complexity index is 1210. The topological polar surface area (TPSA) is 77.0 Å². The summed E-state index contributed by atoms with van der Waals surface area (Å²) in [4.78, 5) is 18.1. The first kappa shape index (κ1) is 15.6. The van der Waals surface area contributed by atoms with Gasteiger partial charge < -0.3 is 5.73 Å². The van der Waals surface area contributed by atoms with E-state index in [0.29, 0.717) is 5.84 Å². The van der Waals surface area contributed by atoms with Crippen LogP contribution in [-0.4, -0.2) is 20.8 Å². The maximum Gasteiger partial charge on any atom is 0.104 e. The van der Waals surface area contributed by atoms with Crippen LogP contribution in [-0.2, 0) is 6.42 Å². The zero-order chi connectivity index (χ0) is 18.4. The van der Waals surface area contributed by atoms with Gasteiger partial charge in [0, 0.05) is 23.9 Å². The molecule has 0 aliphatic carbocycles. The number of rotatable bonds is 2. The van der Waals surface area contributed by atoms with E-state index in [1.165, 1.54) is 5.56 Å². The highest BCUT2D eigenvalue weighted by molar-refractivity contribution is 5.92. The molecule has 0 atom stereocenters. The largest absolute Gasteiger partial charge is 0.387 e. The van der Waals surface area contributed by atoms with Gasteiger partial charge in [0.05, 0.1) is 28.6 Å². The molecule has 130 valence electrons. The van der Waals surface area contributed by atoms with Crippen LogP contribution in [0.25, 0.3) is 33.4 Å². The molecule has 0 radical (unpaired) electrons. The molecule has 3 heterocycles. The van der Waals surface area contributed by atoms with Crippen molar-refractivity contribution in [3.8, 4) is 22.4 Å². The molecule has 0 saturated carbocycles. The van der Waals surface area contributed by atoms with E-state index in [0.717, 1.165) is 51.2 Å². The first-order valence-corrected chi connectivity index (χ1v) is 8.82. The van der Waals surface area contributed by atoms with Gasteiger partial charge in [-0.2, -0.15) is 0 Å². The first-order valence-electron chi connectivity index (χ1n) is 8.82. The number of nitrogens with two attached hydrogens (primary N) is 1. The standard InChI is InChI=1S/C22H17N5/c1-13-2-3-17(11-24-13)21-12-25-18-7-6-15(9-20(18)26-21)14-4-5-16-10-22(23)27-19(16)8-14/h2-9,11-12H,10H2,1H3,(H2,23,27). The number of amidine groups is 1. The normalized spacial score (nSPS) is 12.9. The van der Waals surface area contributed by atoms with E-state index in [1.807, 2.05) is 31.3 Å². The summed E-state index contributed by atoms with van der Waals surface area (Å²) in [6.07, 6.45) is 4.35. The van der Waals surface area contributed by atoms with Crippen LogP contribution in [0.2, 0.25) is 0 Å². The smallest absolute Gasteiger partial charge is 0.104 e. The summed E-state index contributed by atoms with van der Waals surface area (Å²) in [5, 5.41) is 0. The Balaban J connectivity index is 1.58. The lowest BCUT2D eigenvalue weighted by Gasteiger charge is -2.07. The molecule has 2 aromatic heterocycles. The summed E-state index contributed by atoms with van der Waals surface area (Å²) in [6.45, 7) is 1.97. The molecule has 0 unspecified atom stereocenters. The number of fused-ring (bicyclic) bond motifs is 2. The predicted octanol–water partition coefficient (Wildman–Crippen LogP) is 4.21. The van der Waals surface area contributed by atoms with Crippen molar-refractivity contribution in [1.82, 2.24) is 15.0 Å². The highest BCUT2D eigenvalue weighted by Crippen LogP contribution is 2.32. The fraction of sp³-hybridized carbons (Fsp3) is 0.0909. The molecular weight excluding hydrogens is 334 g/mol. The van der Waals surface area contributed by atoms with Crippen molar-refractivity contribution in [2.75, 3.05) is 0 Å². The molecule has 0 spiro atoms. The first-order chi connectivity index (χ1) is 13.2. The van der Waals surface area contributed by atoms with Crippen LogP contribution in [0.3, 0.4) is 0 Å². The number of pyridine rings is 1. The van der Waals surface area contributed by atoms with Crippen molar-refractivity contribution < 1.29 is 0 Å². The Morgan fingerprint density at radius 1 is 0.815 bits per heavy atom. The molecule has 0 saturated heterocycles. The molecule has 5 nitrogen and oxygen atoms in total. The summed E-state index contributed by atoms with van der Waals surface area (Å²) >= 11 is 0. The van der Waals surface area contributed by atoms with Crippen LogP contribution in [0.15, 0.2) is 65.9 Å². The van der Waals surface area contributed by atoms with E-state index in [2.05, 4.69) is 45.3 Å². The van der Waals surface area contributed by atoms with Gasteiger partial charge in [0.15, 0.2) is 0 Å². The minimum Gasteiger partial charge on any atom is -0.387 e. The Hall–Kier alpha value is -3.60. The molecule has 2 aromatic carbocycles. The zero-order valence-electron chi connectivity index (χ0n) is 14.8. The number of hydrogen-bond acceptors (Lipinski definition) is 5. The van der Waals surface area contributed by atoms with E-state index in [9.17, 15) is 0 Å². The van der Waals surface area contributed by atoms with Crippen molar-refractivity contribution in [2.45, 2.75) is 13.3 Å². The molecular formula is C22H17N5. The lowest BCUT2D eigenvalue weighted by Crippen LogP contribution is -2.09. The van der Waals surface area contributed by atoms with Crippen molar-refractivity contribution in [3.05, 3.63) is 72.2 Å². The van der Waals surface area contributed by atoms with Crippen LogP contribution in [0.5, 0.6) is 0 Å². The second kappa shape index (κ2) is 5.99. The van der Waals surface area contributed by atoms with Gasteiger partial charge in [-0.1, -0.05) is 18.2 Å². The van der Waals surface area contributed by atoms with Crippen molar-refractivity contribution in [3.63, 3.8) is 0 Å². The maximum absolute atomic E-state index is 5.86. The van der Waals surface area contributed by atoms with Crippen LogP contribution in [0.1, 0.15) is 11.3 Å². The Labute approximate surface area is 156 Å². The van der Waals surface area contributed by atoms with Crippen molar-refractivity contribution in [1.29, 1.82) is 0 Å².